The van der Waals surface area contributed by atoms with Gasteiger partial charge in [0, 0.05) is 24.5 Å². The van der Waals surface area contributed by atoms with Crippen molar-refractivity contribution in [1.82, 2.24) is 14.5 Å². The molecule has 1 aliphatic rings. The van der Waals surface area contributed by atoms with Crippen LogP contribution < -0.4 is 5.56 Å². The molecule has 0 radical (unpaired) electrons. The highest BCUT2D eigenvalue weighted by molar-refractivity contribution is 9.10. The van der Waals surface area contributed by atoms with Gasteiger partial charge in [0.25, 0.3) is 5.56 Å². The van der Waals surface area contributed by atoms with Crippen LogP contribution in [0.15, 0.2) is 40.1 Å². The fourth-order valence-electron chi connectivity index (χ4n) is 1.88. The lowest BCUT2D eigenvalue weighted by Gasteiger charge is -2.08. The van der Waals surface area contributed by atoms with Crippen molar-refractivity contribution in [3.63, 3.8) is 0 Å². The minimum Gasteiger partial charge on any atom is -0.298 e. The molecule has 0 N–H and O–H groups in total. The quantitative estimate of drug-likeness (QED) is 0.875. The lowest BCUT2D eigenvalue weighted by molar-refractivity contribution is 0.594. The summed E-state index contributed by atoms with van der Waals surface area (Å²) in [6, 6.07) is 3.69. The van der Waals surface area contributed by atoms with Crippen LogP contribution in [0.2, 0.25) is 0 Å². The van der Waals surface area contributed by atoms with Crippen molar-refractivity contribution in [3.8, 4) is 11.3 Å². The van der Waals surface area contributed by atoms with E-state index < -0.39 is 0 Å². The molecule has 92 valence electrons. The first-order chi connectivity index (χ1) is 8.75. The van der Waals surface area contributed by atoms with Crippen molar-refractivity contribution >= 4 is 15.9 Å². The molecule has 0 bridgehead atoms. The first-order valence-corrected chi connectivity index (χ1v) is 6.70. The lowest BCUT2D eigenvalue weighted by Crippen LogP contribution is -2.22. The molecule has 18 heavy (non-hydrogen) atoms. The van der Waals surface area contributed by atoms with E-state index in [0.717, 1.165) is 12.1 Å². The van der Waals surface area contributed by atoms with E-state index in [9.17, 15) is 4.79 Å². The molecule has 2 aromatic heterocycles. The second-order valence-electron chi connectivity index (χ2n) is 4.54. The Morgan fingerprint density at radius 2 is 2.06 bits per heavy atom. The molecular weight excluding hydrogens is 294 g/mol. The average molecular weight is 306 g/mol. The lowest BCUT2D eigenvalue weighted by atomic mass is 10.2. The smallest absolute Gasteiger partial charge is 0.268 e. The second kappa shape index (κ2) is 4.65. The van der Waals surface area contributed by atoms with E-state index >= 15 is 0 Å². The summed E-state index contributed by atoms with van der Waals surface area (Å²) in [5.74, 6) is 0.656. The number of hydrogen-bond acceptors (Lipinski definition) is 3. The highest BCUT2D eigenvalue weighted by Crippen LogP contribution is 2.30. The Balaban J connectivity index is 2.02. The van der Waals surface area contributed by atoms with Crippen molar-refractivity contribution in [2.24, 2.45) is 5.92 Å². The Bertz CT molecular complexity index is 620. The number of aromatic nitrogens is 3. The predicted octanol–water partition coefficient (Wildman–Crippen LogP) is 2.48. The molecule has 2 heterocycles. The molecular formula is C13H12BrN3O. The van der Waals surface area contributed by atoms with Crippen molar-refractivity contribution in [1.29, 1.82) is 0 Å². The third kappa shape index (κ3) is 2.22. The summed E-state index contributed by atoms with van der Waals surface area (Å²) in [7, 11) is 0. The Labute approximate surface area is 113 Å². The molecule has 0 atom stereocenters. The van der Waals surface area contributed by atoms with Gasteiger partial charge in [-0.05, 0) is 46.8 Å². The van der Waals surface area contributed by atoms with E-state index in [1.54, 1.807) is 23.3 Å². The van der Waals surface area contributed by atoms with Gasteiger partial charge in [-0.1, -0.05) is 0 Å². The van der Waals surface area contributed by atoms with Crippen LogP contribution in [0.25, 0.3) is 11.3 Å². The number of hydrogen-bond donors (Lipinski definition) is 0. The Morgan fingerprint density at radius 1 is 1.33 bits per heavy atom. The summed E-state index contributed by atoms with van der Waals surface area (Å²) >= 11 is 3.36. The standard InChI is InChI=1S/C13H12BrN3O/c14-11-12(10-3-5-15-6-4-10)16-8-17(13(11)18)7-9-1-2-9/h3-6,8-9H,1-2,7H2. The van der Waals surface area contributed by atoms with E-state index in [0.29, 0.717) is 16.1 Å². The molecule has 4 nitrogen and oxygen atoms in total. The normalized spacial score (nSPS) is 14.7. The zero-order valence-corrected chi connectivity index (χ0v) is 11.3. The van der Waals surface area contributed by atoms with Gasteiger partial charge in [0.1, 0.15) is 4.47 Å². The zero-order valence-electron chi connectivity index (χ0n) is 9.71. The monoisotopic (exact) mass is 305 g/mol. The number of halogens is 1. The first kappa shape index (κ1) is 11.6. The fourth-order valence-corrected chi connectivity index (χ4v) is 2.44. The van der Waals surface area contributed by atoms with Gasteiger partial charge in [-0.25, -0.2) is 4.98 Å². The van der Waals surface area contributed by atoms with Crippen molar-refractivity contribution in [3.05, 3.63) is 45.7 Å². The summed E-state index contributed by atoms with van der Waals surface area (Å²) < 4.78 is 2.21. The molecule has 0 saturated heterocycles. The highest BCUT2D eigenvalue weighted by Gasteiger charge is 2.23. The Morgan fingerprint density at radius 3 is 2.72 bits per heavy atom. The molecule has 0 unspecified atom stereocenters. The summed E-state index contributed by atoms with van der Waals surface area (Å²) in [4.78, 5) is 20.5. The van der Waals surface area contributed by atoms with Crippen molar-refractivity contribution < 1.29 is 0 Å². The fraction of sp³-hybridized carbons (Fsp3) is 0.308. The van der Waals surface area contributed by atoms with E-state index in [1.165, 1.54) is 12.8 Å². The van der Waals surface area contributed by atoms with Crippen LogP contribution in [0.3, 0.4) is 0 Å². The Kier molecular flexibility index (Phi) is 2.99. The van der Waals surface area contributed by atoms with Crippen molar-refractivity contribution in [2.45, 2.75) is 19.4 Å². The maximum absolute atomic E-state index is 12.2. The summed E-state index contributed by atoms with van der Waals surface area (Å²) in [6.07, 6.45) is 7.46. The maximum atomic E-state index is 12.2. The third-order valence-corrected chi connectivity index (χ3v) is 3.80. The summed E-state index contributed by atoms with van der Waals surface area (Å²) in [5, 5.41) is 0. The maximum Gasteiger partial charge on any atom is 0.268 e. The second-order valence-corrected chi connectivity index (χ2v) is 5.34. The van der Waals surface area contributed by atoms with Gasteiger partial charge >= 0.3 is 0 Å². The minimum absolute atomic E-state index is 0.0105. The minimum atomic E-state index is -0.0105. The molecule has 0 aromatic carbocycles. The van der Waals surface area contributed by atoms with E-state index in [2.05, 4.69) is 25.9 Å². The van der Waals surface area contributed by atoms with Gasteiger partial charge in [-0.15, -0.1) is 0 Å². The number of nitrogens with zero attached hydrogens (tertiary/aromatic N) is 3. The van der Waals surface area contributed by atoms with Crippen LogP contribution in [0.5, 0.6) is 0 Å². The molecule has 1 saturated carbocycles. The molecule has 2 aromatic rings. The average Bonchev–Trinajstić information content (AvgIpc) is 3.20. The van der Waals surface area contributed by atoms with E-state index in [4.69, 9.17) is 0 Å². The first-order valence-electron chi connectivity index (χ1n) is 5.91. The molecule has 0 spiro atoms. The molecule has 0 amide bonds. The van der Waals surface area contributed by atoms with Gasteiger partial charge in [0.15, 0.2) is 0 Å². The van der Waals surface area contributed by atoms with Crippen LogP contribution in [0, 0.1) is 5.92 Å². The SMILES string of the molecule is O=c1c(Br)c(-c2ccncc2)ncn1CC1CC1. The number of rotatable bonds is 3. The van der Waals surface area contributed by atoms with E-state index in [1.807, 2.05) is 12.1 Å². The largest absolute Gasteiger partial charge is 0.298 e. The van der Waals surface area contributed by atoms with E-state index in [-0.39, 0.29) is 5.56 Å². The molecule has 5 heteroatoms. The molecule has 0 aliphatic heterocycles. The van der Waals surface area contributed by atoms with Gasteiger partial charge in [0.05, 0.1) is 12.0 Å². The topological polar surface area (TPSA) is 47.8 Å². The number of pyridine rings is 1. The van der Waals surface area contributed by atoms with Gasteiger partial charge in [0.2, 0.25) is 0 Å². The van der Waals surface area contributed by atoms with Gasteiger partial charge < -0.3 is 0 Å². The van der Waals surface area contributed by atoms with Crippen LogP contribution in [-0.2, 0) is 6.54 Å². The molecule has 1 aliphatic carbocycles. The zero-order chi connectivity index (χ0) is 12.5. The van der Waals surface area contributed by atoms with Crippen LogP contribution in [0.4, 0.5) is 0 Å². The van der Waals surface area contributed by atoms with Gasteiger partial charge in [-0.3, -0.25) is 14.3 Å². The van der Waals surface area contributed by atoms with Crippen molar-refractivity contribution in [2.75, 3.05) is 0 Å². The molecule has 1 fully saturated rings. The third-order valence-electron chi connectivity index (χ3n) is 3.09. The summed E-state index contributed by atoms with van der Waals surface area (Å²) in [6.45, 7) is 0.779. The molecule has 3 rings (SSSR count). The van der Waals surface area contributed by atoms with Gasteiger partial charge in [-0.2, -0.15) is 0 Å². The predicted molar refractivity (Wildman–Crippen MR) is 72.2 cm³/mol. The van der Waals surface area contributed by atoms with Crippen LogP contribution in [0.1, 0.15) is 12.8 Å². The van der Waals surface area contributed by atoms with Crippen LogP contribution >= 0.6 is 15.9 Å². The highest BCUT2D eigenvalue weighted by atomic mass is 79.9. The summed E-state index contributed by atoms with van der Waals surface area (Å²) in [5.41, 5.74) is 1.56. The van der Waals surface area contributed by atoms with Crippen LogP contribution in [-0.4, -0.2) is 14.5 Å². The Hall–Kier alpha value is -1.49.